The molecule has 0 radical (unpaired) electrons. The fourth-order valence-electron chi connectivity index (χ4n) is 1.86. The van der Waals surface area contributed by atoms with Crippen LogP contribution in [-0.2, 0) is 11.2 Å². The zero-order chi connectivity index (χ0) is 14.4. The zero-order valence-corrected chi connectivity index (χ0v) is 12.5. The number of carbonyl (C=O) groups is 2. The van der Waals surface area contributed by atoms with E-state index in [0.717, 1.165) is 17.7 Å². The van der Waals surface area contributed by atoms with Gasteiger partial charge in [0.05, 0.1) is 10.8 Å². The molecular formula is C14H21NO3S. The van der Waals surface area contributed by atoms with Gasteiger partial charge in [0.2, 0.25) is 0 Å². The molecule has 106 valence electrons. The first-order valence-electron chi connectivity index (χ1n) is 6.59. The van der Waals surface area contributed by atoms with Crippen molar-refractivity contribution in [1.82, 2.24) is 5.32 Å². The maximum atomic E-state index is 12.0. The van der Waals surface area contributed by atoms with Crippen LogP contribution in [0.5, 0.6) is 0 Å². The molecule has 2 N–H and O–H groups in total. The average molecular weight is 283 g/mol. The number of aryl methyl sites for hydroxylation is 2. The predicted molar refractivity (Wildman–Crippen MR) is 76.8 cm³/mol. The van der Waals surface area contributed by atoms with Gasteiger partial charge in [0, 0.05) is 11.4 Å². The average Bonchev–Trinajstić information content (AvgIpc) is 2.72. The van der Waals surface area contributed by atoms with E-state index in [9.17, 15) is 9.59 Å². The Morgan fingerprint density at radius 2 is 2.11 bits per heavy atom. The quantitative estimate of drug-likeness (QED) is 0.808. The van der Waals surface area contributed by atoms with Gasteiger partial charge >= 0.3 is 5.97 Å². The first-order valence-corrected chi connectivity index (χ1v) is 7.41. The smallest absolute Gasteiger partial charge is 0.308 e. The molecule has 1 aromatic heterocycles. The van der Waals surface area contributed by atoms with Crippen molar-refractivity contribution in [3.05, 3.63) is 21.4 Å². The van der Waals surface area contributed by atoms with Crippen LogP contribution in [0, 0.1) is 12.8 Å². The highest BCUT2D eigenvalue weighted by Crippen LogP contribution is 2.22. The van der Waals surface area contributed by atoms with Crippen LogP contribution in [0.15, 0.2) is 6.07 Å². The lowest BCUT2D eigenvalue weighted by Crippen LogP contribution is -2.32. The first-order chi connectivity index (χ1) is 8.99. The lowest BCUT2D eigenvalue weighted by Gasteiger charge is -2.10. The normalized spacial score (nSPS) is 12.2. The largest absolute Gasteiger partial charge is 0.481 e. The molecule has 1 heterocycles. The van der Waals surface area contributed by atoms with Gasteiger partial charge in [-0.15, -0.1) is 11.3 Å². The van der Waals surface area contributed by atoms with Gasteiger partial charge in [-0.25, -0.2) is 0 Å². The van der Waals surface area contributed by atoms with Gasteiger partial charge in [-0.05, 0) is 31.4 Å². The highest BCUT2D eigenvalue weighted by molar-refractivity contribution is 7.14. The third-order valence-electron chi connectivity index (χ3n) is 3.11. The second kappa shape index (κ2) is 7.28. The summed E-state index contributed by atoms with van der Waals surface area (Å²) in [7, 11) is 0. The van der Waals surface area contributed by atoms with Gasteiger partial charge in [0.15, 0.2) is 0 Å². The van der Waals surface area contributed by atoms with Gasteiger partial charge in [0.25, 0.3) is 5.91 Å². The van der Waals surface area contributed by atoms with Crippen LogP contribution in [0.25, 0.3) is 0 Å². The van der Waals surface area contributed by atoms with Crippen LogP contribution in [0.4, 0.5) is 0 Å². The van der Waals surface area contributed by atoms with E-state index in [1.54, 1.807) is 6.92 Å². The second-order valence-electron chi connectivity index (χ2n) is 4.60. The zero-order valence-electron chi connectivity index (χ0n) is 11.7. The molecule has 0 aliphatic rings. The van der Waals surface area contributed by atoms with Crippen molar-refractivity contribution in [3.8, 4) is 0 Å². The maximum absolute atomic E-state index is 12.0. The molecule has 5 heteroatoms. The summed E-state index contributed by atoms with van der Waals surface area (Å²) >= 11 is 1.47. The molecule has 0 aliphatic carbocycles. The molecule has 0 aromatic carbocycles. The minimum Gasteiger partial charge on any atom is -0.481 e. The Morgan fingerprint density at radius 1 is 1.42 bits per heavy atom. The molecule has 1 unspecified atom stereocenters. The molecule has 0 fully saturated rings. The Kier molecular flexibility index (Phi) is 6.02. The number of aliphatic carboxylic acids is 1. The molecule has 4 nitrogen and oxygen atoms in total. The van der Waals surface area contributed by atoms with Crippen molar-refractivity contribution >= 4 is 23.2 Å². The van der Waals surface area contributed by atoms with E-state index < -0.39 is 11.9 Å². The van der Waals surface area contributed by atoms with Gasteiger partial charge in [-0.2, -0.15) is 0 Å². The monoisotopic (exact) mass is 283 g/mol. The highest BCUT2D eigenvalue weighted by atomic mass is 32.1. The molecule has 0 saturated heterocycles. The number of hydrogen-bond donors (Lipinski definition) is 2. The van der Waals surface area contributed by atoms with Gasteiger partial charge in [0.1, 0.15) is 0 Å². The Balaban J connectivity index is 2.63. The van der Waals surface area contributed by atoms with Crippen molar-refractivity contribution in [2.75, 3.05) is 6.54 Å². The number of carboxylic acid groups (broad SMARTS) is 1. The van der Waals surface area contributed by atoms with Crippen LogP contribution < -0.4 is 5.32 Å². The van der Waals surface area contributed by atoms with Crippen LogP contribution in [-0.4, -0.2) is 23.5 Å². The summed E-state index contributed by atoms with van der Waals surface area (Å²) in [5.41, 5.74) is 1.21. The van der Waals surface area contributed by atoms with Crippen LogP contribution >= 0.6 is 11.3 Å². The van der Waals surface area contributed by atoms with E-state index in [1.165, 1.54) is 16.9 Å². The van der Waals surface area contributed by atoms with Gasteiger partial charge in [-0.1, -0.05) is 20.3 Å². The lowest BCUT2D eigenvalue weighted by atomic mass is 10.1. The molecule has 19 heavy (non-hydrogen) atoms. The standard InChI is InChI=1S/C14H21NO3S/c1-4-6-11-7-12(19-9(11)3)13(16)15-8-10(5-2)14(17)18/h7,10H,4-6,8H2,1-3H3,(H,15,16)(H,17,18). The van der Waals surface area contributed by atoms with Crippen molar-refractivity contribution in [2.24, 2.45) is 5.92 Å². The topological polar surface area (TPSA) is 66.4 Å². The summed E-state index contributed by atoms with van der Waals surface area (Å²) in [6.45, 7) is 6.11. The van der Waals surface area contributed by atoms with Gasteiger partial charge in [-0.3, -0.25) is 9.59 Å². The summed E-state index contributed by atoms with van der Waals surface area (Å²) in [5, 5.41) is 11.6. The van der Waals surface area contributed by atoms with Crippen molar-refractivity contribution in [2.45, 2.75) is 40.0 Å². The van der Waals surface area contributed by atoms with E-state index in [4.69, 9.17) is 5.11 Å². The van der Waals surface area contributed by atoms with Crippen molar-refractivity contribution in [1.29, 1.82) is 0 Å². The van der Waals surface area contributed by atoms with E-state index in [2.05, 4.69) is 12.2 Å². The van der Waals surface area contributed by atoms with Crippen LogP contribution in [0.1, 0.15) is 46.8 Å². The number of carboxylic acids is 1. The molecule has 1 aromatic rings. The van der Waals surface area contributed by atoms with Gasteiger partial charge < -0.3 is 10.4 Å². The maximum Gasteiger partial charge on any atom is 0.308 e. The highest BCUT2D eigenvalue weighted by Gasteiger charge is 2.17. The number of carbonyl (C=O) groups excluding carboxylic acids is 1. The Bertz CT molecular complexity index is 454. The minimum absolute atomic E-state index is 0.171. The summed E-state index contributed by atoms with van der Waals surface area (Å²) in [6, 6.07) is 1.92. The molecule has 0 aliphatic heterocycles. The molecule has 1 amide bonds. The summed E-state index contributed by atoms with van der Waals surface area (Å²) < 4.78 is 0. The Labute approximate surface area is 117 Å². The third-order valence-corrected chi connectivity index (χ3v) is 4.21. The summed E-state index contributed by atoms with van der Waals surface area (Å²) in [4.78, 5) is 24.7. The molecular weight excluding hydrogens is 262 g/mol. The van der Waals surface area contributed by atoms with Crippen molar-refractivity contribution in [3.63, 3.8) is 0 Å². The fourth-order valence-corrected chi connectivity index (χ4v) is 2.85. The molecule has 1 atom stereocenters. The molecule has 0 saturated carbocycles. The van der Waals surface area contributed by atoms with E-state index in [-0.39, 0.29) is 12.5 Å². The number of thiophene rings is 1. The predicted octanol–water partition coefficient (Wildman–Crippen LogP) is 2.85. The Morgan fingerprint density at radius 3 is 2.63 bits per heavy atom. The SMILES string of the molecule is CCCc1cc(C(=O)NCC(CC)C(=O)O)sc1C. The number of rotatable bonds is 7. The fraction of sp³-hybridized carbons (Fsp3) is 0.571. The first kappa shape index (κ1) is 15.7. The number of hydrogen-bond acceptors (Lipinski definition) is 3. The number of amides is 1. The minimum atomic E-state index is -0.864. The summed E-state index contributed by atoms with van der Waals surface area (Å²) in [5.74, 6) is -1.55. The summed E-state index contributed by atoms with van der Waals surface area (Å²) in [6.07, 6.45) is 2.54. The molecule has 1 rings (SSSR count). The second-order valence-corrected chi connectivity index (χ2v) is 5.85. The van der Waals surface area contributed by atoms with Crippen LogP contribution in [0.3, 0.4) is 0 Å². The lowest BCUT2D eigenvalue weighted by molar-refractivity contribution is -0.141. The van der Waals surface area contributed by atoms with Crippen LogP contribution in [0.2, 0.25) is 0 Å². The molecule has 0 spiro atoms. The Hall–Kier alpha value is -1.36. The molecule has 0 bridgehead atoms. The third kappa shape index (κ3) is 4.35. The van der Waals surface area contributed by atoms with Crippen molar-refractivity contribution < 1.29 is 14.7 Å². The van der Waals surface area contributed by atoms with E-state index in [0.29, 0.717) is 11.3 Å². The van der Waals surface area contributed by atoms with E-state index >= 15 is 0 Å². The number of nitrogens with one attached hydrogen (secondary N) is 1. The van der Waals surface area contributed by atoms with E-state index in [1.807, 2.05) is 13.0 Å².